The van der Waals surface area contributed by atoms with Crippen molar-refractivity contribution in [2.45, 2.75) is 70.8 Å². The van der Waals surface area contributed by atoms with Crippen molar-refractivity contribution >= 4 is 23.7 Å². The fraction of sp³-hybridized carbons (Fsp3) is 0.545. The summed E-state index contributed by atoms with van der Waals surface area (Å²) in [5.74, 6) is -3.60. The number of carboxylic acid groups (broad SMARTS) is 1. The monoisotopic (exact) mass is 450 g/mol. The smallest absolute Gasteiger partial charge is 0.328 e. The summed E-state index contributed by atoms with van der Waals surface area (Å²) in [6.45, 7) is 6.29. The van der Waals surface area contributed by atoms with E-state index in [1.807, 2.05) is 13.0 Å². The molecule has 0 radical (unpaired) electrons. The van der Waals surface area contributed by atoms with Crippen molar-refractivity contribution in [1.82, 2.24) is 16.0 Å². The fourth-order valence-corrected chi connectivity index (χ4v) is 2.95. The largest absolute Gasteiger partial charge is 0.480 e. The van der Waals surface area contributed by atoms with Crippen LogP contribution in [0.1, 0.15) is 39.7 Å². The van der Waals surface area contributed by atoms with Crippen LogP contribution in [0.3, 0.4) is 0 Å². The zero-order valence-electron chi connectivity index (χ0n) is 18.9. The number of hydrogen-bond acceptors (Lipinski definition) is 6. The third-order valence-electron chi connectivity index (χ3n) is 5.17. The van der Waals surface area contributed by atoms with E-state index in [1.54, 1.807) is 31.2 Å². The number of nitrogens with one attached hydrogen (secondary N) is 3. The molecule has 10 heteroatoms. The summed E-state index contributed by atoms with van der Waals surface area (Å²) in [7, 11) is 0. The molecule has 6 atom stereocenters. The van der Waals surface area contributed by atoms with Gasteiger partial charge < -0.3 is 31.9 Å². The second-order valence-corrected chi connectivity index (χ2v) is 7.98. The van der Waals surface area contributed by atoms with E-state index < -0.39 is 54.0 Å². The fourth-order valence-electron chi connectivity index (χ4n) is 2.95. The first kappa shape index (κ1) is 27.1. The molecule has 0 aromatic heterocycles. The van der Waals surface area contributed by atoms with E-state index in [-0.39, 0.29) is 12.3 Å². The number of aliphatic hydroxyl groups is 1. The van der Waals surface area contributed by atoms with E-state index in [9.17, 15) is 29.4 Å². The van der Waals surface area contributed by atoms with Crippen LogP contribution < -0.4 is 21.7 Å². The minimum Gasteiger partial charge on any atom is -0.480 e. The Morgan fingerprint density at radius 2 is 1.47 bits per heavy atom. The van der Waals surface area contributed by atoms with Crippen LogP contribution in [0, 0.1) is 5.92 Å². The van der Waals surface area contributed by atoms with Gasteiger partial charge in [-0.05, 0) is 25.3 Å². The summed E-state index contributed by atoms with van der Waals surface area (Å²) in [5, 5.41) is 26.4. The summed E-state index contributed by atoms with van der Waals surface area (Å²) in [6.07, 6.45) is -0.646. The van der Waals surface area contributed by atoms with E-state index >= 15 is 0 Å². The molecule has 32 heavy (non-hydrogen) atoms. The number of amides is 3. The number of aliphatic hydroxyl groups excluding tert-OH is 1. The number of benzene rings is 1. The molecule has 0 heterocycles. The maximum absolute atomic E-state index is 13.1. The summed E-state index contributed by atoms with van der Waals surface area (Å²) in [5.41, 5.74) is 6.42. The predicted octanol–water partition coefficient (Wildman–Crippen LogP) is -0.458. The van der Waals surface area contributed by atoms with Gasteiger partial charge in [0.25, 0.3) is 0 Å². The Morgan fingerprint density at radius 1 is 0.906 bits per heavy atom. The van der Waals surface area contributed by atoms with Gasteiger partial charge in [0.2, 0.25) is 17.7 Å². The quantitative estimate of drug-likeness (QED) is 0.250. The Labute approximate surface area is 187 Å². The van der Waals surface area contributed by atoms with E-state index in [2.05, 4.69) is 16.0 Å². The number of hydrogen-bond donors (Lipinski definition) is 6. The van der Waals surface area contributed by atoms with Gasteiger partial charge in [0.1, 0.15) is 12.1 Å². The molecule has 0 aliphatic rings. The summed E-state index contributed by atoms with van der Waals surface area (Å²) in [6, 6.07) is 4.60. The molecule has 0 aliphatic carbocycles. The number of rotatable bonds is 12. The Hall–Kier alpha value is -2.98. The van der Waals surface area contributed by atoms with Crippen LogP contribution in [0.25, 0.3) is 0 Å². The lowest BCUT2D eigenvalue weighted by Crippen LogP contribution is -2.60. The molecule has 0 aliphatic heterocycles. The van der Waals surface area contributed by atoms with Crippen LogP contribution in [-0.4, -0.2) is 64.2 Å². The minimum absolute atomic E-state index is 0.172. The number of nitrogens with two attached hydrogens (primary N) is 1. The number of carboxylic acids is 1. The van der Waals surface area contributed by atoms with Crippen molar-refractivity contribution in [3.63, 3.8) is 0 Å². The van der Waals surface area contributed by atoms with Crippen molar-refractivity contribution in [1.29, 1.82) is 0 Å². The van der Waals surface area contributed by atoms with Crippen molar-refractivity contribution in [2.75, 3.05) is 0 Å². The van der Waals surface area contributed by atoms with Crippen LogP contribution in [0.4, 0.5) is 0 Å². The van der Waals surface area contributed by atoms with Crippen LogP contribution in [0.2, 0.25) is 0 Å². The standard InChI is InChI=1S/C22H34N4O6/c1-5-12(2)17(21(30)26-18(14(4)27)22(31)32)25-20(29)16(24-19(28)13(3)23)11-15-9-7-6-8-10-15/h6-10,12-14,16-18,27H,5,11,23H2,1-4H3,(H,24,28)(H,25,29)(H,26,30)(H,31,32). The molecular weight excluding hydrogens is 416 g/mol. The Bertz CT molecular complexity index is 784. The van der Waals surface area contributed by atoms with Gasteiger partial charge in [-0.15, -0.1) is 0 Å². The van der Waals surface area contributed by atoms with E-state index in [0.717, 1.165) is 5.56 Å². The molecule has 0 fully saturated rings. The van der Waals surface area contributed by atoms with Crippen molar-refractivity contribution < 1.29 is 29.4 Å². The van der Waals surface area contributed by atoms with E-state index in [1.165, 1.54) is 13.8 Å². The van der Waals surface area contributed by atoms with E-state index in [0.29, 0.717) is 6.42 Å². The number of carbonyl (C=O) groups is 4. The van der Waals surface area contributed by atoms with Gasteiger partial charge >= 0.3 is 5.97 Å². The van der Waals surface area contributed by atoms with Crippen molar-refractivity contribution in [2.24, 2.45) is 11.7 Å². The highest BCUT2D eigenvalue weighted by Gasteiger charge is 2.33. The normalized spacial score (nSPS) is 16.6. The van der Waals surface area contributed by atoms with Gasteiger partial charge in [0.15, 0.2) is 6.04 Å². The van der Waals surface area contributed by atoms with Gasteiger partial charge in [-0.3, -0.25) is 14.4 Å². The molecular formula is C22H34N4O6. The topological polar surface area (TPSA) is 171 Å². The molecule has 0 bridgehead atoms. The van der Waals surface area contributed by atoms with E-state index in [4.69, 9.17) is 5.73 Å². The van der Waals surface area contributed by atoms with Gasteiger partial charge in [-0.25, -0.2) is 4.79 Å². The molecule has 10 nitrogen and oxygen atoms in total. The molecule has 7 N–H and O–H groups in total. The summed E-state index contributed by atoms with van der Waals surface area (Å²) >= 11 is 0. The van der Waals surface area contributed by atoms with Gasteiger partial charge in [0, 0.05) is 6.42 Å². The Kier molecular flexibility index (Phi) is 10.8. The Balaban J connectivity index is 3.09. The summed E-state index contributed by atoms with van der Waals surface area (Å²) in [4.78, 5) is 49.4. The lowest BCUT2D eigenvalue weighted by atomic mass is 9.96. The van der Waals surface area contributed by atoms with Crippen molar-refractivity contribution in [3.05, 3.63) is 35.9 Å². The van der Waals surface area contributed by atoms with Crippen LogP contribution in [-0.2, 0) is 25.6 Å². The molecule has 0 saturated carbocycles. The Morgan fingerprint density at radius 3 is 1.94 bits per heavy atom. The maximum Gasteiger partial charge on any atom is 0.328 e. The maximum atomic E-state index is 13.1. The molecule has 0 spiro atoms. The highest BCUT2D eigenvalue weighted by Crippen LogP contribution is 2.11. The summed E-state index contributed by atoms with van der Waals surface area (Å²) < 4.78 is 0. The van der Waals surface area contributed by atoms with Crippen molar-refractivity contribution in [3.8, 4) is 0 Å². The zero-order valence-corrected chi connectivity index (χ0v) is 18.9. The zero-order chi connectivity index (χ0) is 24.4. The molecule has 1 rings (SSSR count). The number of aliphatic carboxylic acids is 1. The third-order valence-corrected chi connectivity index (χ3v) is 5.17. The average Bonchev–Trinajstić information content (AvgIpc) is 2.74. The molecule has 1 aromatic rings. The molecule has 1 aromatic carbocycles. The highest BCUT2D eigenvalue weighted by atomic mass is 16.4. The highest BCUT2D eigenvalue weighted by molar-refractivity contribution is 5.94. The second kappa shape index (κ2) is 12.8. The lowest BCUT2D eigenvalue weighted by molar-refractivity contribution is -0.145. The molecule has 178 valence electrons. The van der Waals surface area contributed by atoms with Crippen LogP contribution in [0.5, 0.6) is 0 Å². The molecule has 0 saturated heterocycles. The predicted molar refractivity (Wildman–Crippen MR) is 118 cm³/mol. The lowest BCUT2D eigenvalue weighted by Gasteiger charge is -2.28. The SMILES string of the molecule is CCC(C)C(NC(=O)C(Cc1ccccc1)NC(=O)C(C)N)C(=O)NC(C(=O)O)C(C)O. The van der Waals surface area contributed by atoms with Gasteiger partial charge in [-0.2, -0.15) is 0 Å². The minimum atomic E-state index is -1.52. The van der Waals surface area contributed by atoms with Gasteiger partial charge in [-0.1, -0.05) is 50.6 Å². The van der Waals surface area contributed by atoms with Crippen LogP contribution in [0.15, 0.2) is 30.3 Å². The molecule has 6 unspecified atom stereocenters. The van der Waals surface area contributed by atoms with Gasteiger partial charge in [0.05, 0.1) is 12.1 Å². The second-order valence-electron chi connectivity index (χ2n) is 7.98. The first-order valence-corrected chi connectivity index (χ1v) is 10.6. The average molecular weight is 451 g/mol. The first-order valence-electron chi connectivity index (χ1n) is 10.6. The molecule has 3 amide bonds. The third kappa shape index (κ3) is 8.27. The van der Waals surface area contributed by atoms with Crippen LogP contribution >= 0.6 is 0 Å². The number of carbonyl (C=O) groups excluding carboxylic acids is 3. The first-order chi connectivity index (χ1) is 15.0.